The minimum Gasteiger partial charge on any atom is -0.395 e. The number of nitrogens with one attached hydrogen (secondary N) is 1. The predicted molar refractivity (Wildman–Crippen MR) is 64.7 cm³/mol. The molecule has 0 saturated heterocycles. The zero-order valence-corrected chi connectivity index (χ0v) is 10.4. The van der Waals surface area contributed by atoms with Gasteiger partial charge in [-0.2, -0.15) is 13.2 Å². The monoisotopic (exact) mass is 276 g/mol. The maximum Gasteiger partial charge on any atom is 0.416 e. The van der Waals surface area contributed by atoms with Gasteiger partial charge in [-0.3, -0.25) is 9.69 Å². The number of aliphatic hydroxyl groups excluding tert-OH is 1. The van der Waals surface area contributed by atoms with Crippen LogP contribution in [0.5, 0.6) is 0 Å². The van der Waals surface area contributed by atoms with E-state index in [2.05, 4.69) is 5.32 Å². The normalized spacial score (nSPS) is 11.7. The number of hydrogen-bond donors (Lipinski definition) is 2. The third kappa shape index (κ3) is 5.27. The van der Waals surface area contributed by atoms with Gasteiger partial charge in [0.05, 0.1) is 18.7 Å². The number of amides is 1. The Bertz CT molecular complexity index is 418. The van der Waals surface area contributed by atoms with Crippen LogP contribution >= 0.6 is 0 Å². The van der Waals surface area contributed by atoms with Crippen molar-refractivity contribution in [1.82, 2.24) is 4.90 Å². The minimum absolute atomic E-state index is 0.0571. The predicted octanol–water partition coefficient (Wildman–Crippen LogP) is 1.57. The molecule has 0 spiro atoms. The summed E-state index contributed by atoms with van der Waals surface area (Å²) >= 11 is 0. The molecule has 1 rings (SSSR count). The lowest BCUT2D eigenvalue weighted by molar-refractivity contribution is -0.137. The van der Waals surface area contributed by atoms with Gasteiger partial charge >= 0.3 is 6.18 Å². The van der Waals surface area contributed by atoms with Crippen molar-refractivity contribution in [3.8, 4) is 0 Å². The first-order valence-electron chi connectivity index (χ1n) is 5.59. The summed E-state index contributed by atoms with van der Waals surface area (Å²) in [5.74, 6) is -0.351. The summed E-state index contributed by atoms with van der Waals surface area (Å²) in [5, 5.41) is 11.1. The molecule has 19 heavy (non-hydrogen) atoms. The molecule has 0 atom stereocenters. The summed E-state index contributed by atoms with van der Waals surface area (Å²) in [6, 6.07) is 4.22. The van der Waals surface area contributed by atoms with Crippen LogP contribution in [0.4, 0.5) is 18.9 Å². The smallest absolute Gasteiger partial charge is 0.395 e. The number of anilines is 1. The molecular weight excluding hydrogens is 261 g/mol. The van der Waals surface area contributed by atoms with Crippen LogP contribution in [-0.2, 0) is 11.0 Å². The number of carbonyl (C=O) groups is 1. The summed E-state index contributed by atoms with van der Waals surface area (Å²) in [6.45, 7) is 0.339. The second kappa shape index (κ2) is 6.53. The van der Waals surface area contributed by atoms with Crippen LogP contribution in [0.25, 0.3) is 0 Å². The Morgan fingerprint density at radius 1 is 1.32 bits per heavy atom. The molecule has 0 fully saturated rings. The quantitative estimate of drug-likeness (QED) is 0.858. The van der Waals surface area contributed by atoms with Gasteiger partial charge in [-0.1, -0.05) is 0 Å². The fourth-order valence-electron chi connectivity index (χ4n) is 1.44. The van der Waals surface area contributed by atoms with Crippen molar-refractivity contribution in [3.63, 3.8) is 0 Å². The van der Waals surface area contributed by atoms with E-state index in [0.717, 1.165) is 12.1 Å². The van der Waals surface area contributed by atoms with Crippen LogP contribution < -0.4 is 5.32 Å². The van der Waals surface area contributed by atoms with Gasteiger partial charge in [0.25, 0.3) is 0 Å². The van der Waals surface area contributed by atoms with E-state index in [0.29, 0.717) is 12.2 Å². The fourth-order valence-corrected chi connectivity index (χ4v) is 1.44. The van der Waals surface area contributed by atoms with Crippen LogP contribution in [0, 0.1) is 0 Å². The molecule has 0 aliphatic carbocycles. The summed E-state index contributed by atoms with van der Waals surface area (Å²) in [5.41, 5.74) is -0.460. The third-order valence-electron chi connectivity index (χ3n) is 2.39. The molecule has 4 nitrogen and oxygen atoms in total. The first-order valence-corrected chi connectivity index (χ1v) is 5.59. The number of rotatable bonds is 5. The van der Waals surface area contributed by atoms with E-state index in [1.165, 1.54) is 12.1 Å². The van der Waals surface area contributed by atoms with Gasteiger partial charge in [-0.25, -0.2) is 0 Å². The van der Waals surface area contributed by atoms with E-state index in [1.807, 2.05) is 0 Å². The average molecular weight is 276 g/mol. The molecule has 0 heterocycles. The maximum absolute atomic E-state index is 12.3. The molecule has 2 N–H and O–H groups in total. The van der Waals surface area contributed by atoms with E-state index in [1.54, 1.807) is 11.9 Å². The number of alkyl halides is 3. The molecule has 0 aliphatic heterocycles. The fraction of sp³-hybridized carbons (Fsp3) is 0.417. The maximum atomic E-state index is 12.3. The van der Waals surface area contributed by atoms with E-state index in [4.69, 9.17) is 5.11 Å². The Kier molecular flexibility index (Phi) is 5.31. The zero-order chi connectivity index (χ0) is 14.5. The van der Waals surface area contributed by atoms with Crippen LogP contribution in [0.2, 0.25) is 0 Å². The van der Waals surface area contributed by atoms with E-state index >= 15 is 0 Å². The number of aliphatic hydroxyl groups is 1. The number of hydrogen-bond acceptors (Lipinski definition) is 3. The van der Waals surface area contributed by atoms with Gasteiger partial charge in [0.1, 0.15) is 0 Å². The highest BCUT2D eigenvalue weighted by Crippen LogP contribution is 2.29. The van der Waals surface area contributed by atoms with Crippen LogP contribution in [-0.4, -0.2) is 42.7 Å². The summed E-state index contributed by atoms with van der Waals surface area (Å²) in [6.07, 6.45) is -4.39. The van der Waals surface area contributed by atoms with Gasteiger partial charge in [-0.15, -0.1) is 0 Å². The number of carbonyl (C=O) groups excluding carboxylic acids is 1. The van der Waals surface area contributed by atoms with Crippen molar-refractivity contribution >= 4 is 11.6 Å². The summed E-state index contributed by atoms with van der Waals surface area (Å²) < 4.78 is 37.0. The SMILES string of the molecule is CN(CCO)CC(=O)Nc1ccc(C(F)(F)F)cc1. The Balaban J connectivity index is 2.56. The van der Waals surface area contributed by atoms with Crippen molar-refractivity contribution in [3.05, 3.63) is 29.8 Å². The third-order valence-corrected chi connectivity index (χ3v) is 2.39. The molecule has 106 valence electrons. The van der Waals surface area contributed by atoms with Gasteiger partial charge in [0, 0.05) is 12.2 Å². The molecule has 7 heteroatoms. The molecular formula is C12H15F3N2O2. The highest BCUT2D eigenvalue weighted by Gasteiger charge is 2.29. The zero-order valence-electron chi connectivity index (χ0n) is 10.4. The standard InChI is InChI=1S/C12H15F3N2O2/c1-17(6-7-18)8-11(19)16-10-4-2-9(3-5-10)12(13,14)15/h2-5,18H,6-8H2,1H3,(H,16,19). The van der Waals surface area contributed by atoms with E-state index in [-0.39, 0.29) is 19.1 Å². The molecule has 0 radical (unpaired) electrons. The lowest BCUT2D eigenvalue weighted by atomic mass is 10.2. The molecule has 0 bridgehead atoms. The Hall–Kier alpha value is -1.60. The number of halogens is 3. The van der Waals surface area contributed by atoms with Crippen molar-refractivity contribution < 1.29 is 23.1 Å². The largest absolute Gasteiger partial charge is 0.416 e. The second-order valence-corrected chi connectivity index (χ2v) is 4.08. The molecule has 1 amide bonds. The number of benzene rings is 1. The second-order valence-electron chi connectivity index (χ2n) is 4.08. The van der Waals surface area contributed by atoms with Crippen LogP contribution in [0.1, 0.15) is 5.56 Å². The Morgan fingerprint density at radius 3 is 2.37 bits per heavy atom. The van der Waals surface area contributed by atoms with E-state index in [9.17, 15) is 18.0 Å². The van der Waals surface area contributed by atoms with Crippen LogP contribution in [0.15, 0.2) is 24.3 Å². The molecule has 0 aromatic heterocycles. The molecule has 0 aliphatic rings. The molecule has 1 aromatic carbocycles. The first-order chi connectivity index (χ1) is 8.82. The lowest BCUT2D eigenvalue weighted by Gasteiger charge is -2.14. The Morgan fingerprint density at radius 2 is 1.89 bits per heavy atom. The van der Waals surface area contributed by atoms with Gasteiger partial charge in [0.15, 0.2) is 0 Å². The highest BCUT2D eigenvalue weighted by molar-refractivity contribution is 5.92. The highest BCUT2D eigenvalue weighted by atomic mass is 19.4. The lowest BCUT2D eigenvalue weighted by Crippen LogP contribution is -2.32. The molecule has 0 unspecified atom stereocenters. The summed E-state index contributed by atoms with van der Waals surface area (Å²) in [7, 11) is 1.66. The average Bonchev–Trinajstić information content (AvgIpc) is 2.28. The number of likely N-dealkylation sites (N-methyl/N-ethyl adjacent to an activating group) is 1. The van der Waals surface area contributed by atoms with Crippen molar-refractivity contribution in [2.24, 2.45) is 0 Å². The van der Waals surface area contributed by atoms with Crippen molar-refractivity contribution in [1.29, 1.82) is 0 Å². The van der Waals surface area contributed by atoms with Crippen molar-refractivity contribution in [2.75, 3.05) is 32.1 Å². The van der Waals surface area contributed by atoms with Gasteiger partial charge < -0.3 is 10.4 Å². The summed E-state index contributed by atoms with van der Waals surface area (Å²) in [4.78, 5) is 13.1. The van der Waals surface area contributed by atoms with E-state index < -0.39 is 11.7 Å². The molecule has 0 saturated carbocycles. The Labute approximate surface area is 108 Å². The number of nitrogens with zero attached hydrogens (tertiary/aromatic N) is 1. The topological polar surface area (TPSA) is 52.6 Å². The van der Waals surface area contributed by atoms with Gasteiger partial charge in [0.2, 0.25) is 5.91 Å². The first kappa shape index (κ1) is 15.5. The van der Waals surface area contributed by atoms with Crippen molar-refractivity contribution in [2.45, 2.75) is 6.18 Å². The van der Waals surface area contributed by atoms with Gasteiger partial charge in [-0.05, 0) is 31.3 Å². The molecule has 1 aromatic rings. The van der Waals surface area contributed by atoms with Crippen LogP contribution in [0.3, 0.4) is 0 Å². The minimum atomic E-state index is -4.39.